The number of rotatable bonds is 1. The lowest BCUT2D eigenvalue weighted by atomic mass is 10.1. The van der Waals surface area contributed by atoms with Crippen molar-refractivity contribution in [2.24, 2.45) is 0 Å². The molecule has 0 spiro atoms. The van der Waals surface area contributed by atoms with E-state index in [0.29, 0.717) is 22.5 Å². The van der Waals surface area contributed by atoms with Gasteiger partial charge in [-0.25, -0.2) is 18.7 Å². The quantitative estimate of drug-likeness (QED) is 0.819. The summed E-state index contributed by atoms with van der Waals surface area (Å²) in [6.07, 6.45) is 0.799. The molecule has 0 aliphatic carbocycles. The molecule has 3 nitrogen and oxygen atoms in total. The van der Waals surface area contributed by atoms with Crippen molar-refractivity contribution in [3.63, 3.8) is 0 Å². The van der Waals surface area contributed by atoms with Gasteiger partial charge in [0.05, 0.1) is 5.69 Å². The van der Waals surface area contributed by atoms with Gasteiger partial charge < -0.3 is 5.32 Å². The zero-order chi connectivity index (χ0) is 13.4. The van der Waals surface area contributed by atoms with E-state index in [2.05, 4.69) is 31.2 Å². The van der Waals surface area contributed by atoms with Crippen molar-refractivity contribution in [3.8, 4) is 11.4 Å². The summed E-state index contributed by atoms with van der Waals surface area (Å²) in [5, 5.41) is 3.24. The average molecular weight is 326 g/mol. The SMILES string of the molecule is Fc1ccc(-c2nc(Br)c3c(n2)CCNC3)cc1F. The molecule has 6 heteroatoms. The van der Waals surface area contributed by atoms with Crippen LogP contribution in [0.4, 0.5) is 8.78 Å². The predicted molar refractivity (Wildman–Crippen MR) is 70.5 cm³/mol. The van der Waals surface area contributed by atoms with Crippen LogP contribution < -0.4 is 5.32 Å². The van der Waals surface area contributed by atoms with E-state index < -0.39 is 11.6 Å². The maximum absolute atomic E-state index is 13.3. The Morgan fingerprint density at radius 2 is 2.00 bits per heavy atom. The lowest BCUT2D eigenvalue weighted by Gasteiger charge is -2.17. The Balaban J connectivity index is 2.10. The highest BCUT2D eigenvalue weighted by Crippen LogP contribution is 2.25. The summed E-state index contributed by atoms with van der Waals surface area (Å²) >= 11 is 3.40. The van der Waals surface area contributed by atoms with Crippen LogP contribution in [0.25, 0.3) is 11.4 Å². The van der Waals surface area contributed by atoms with Gasteiger partial charge in [-0.2, -0.15) is 0 Å². The van der Waals surface area contributed by atoms with E-state index in [1.165, 1.54) is 6.07 Å². The number of hydrogen-bond acceptors (Lipinski definition) is 3. The Hall–Kier alpha value is -1.40. The number of nitrogens with one attached hydrogen (secondary N) is 1. The minimum absolute atomic E-state index is 0.409. The van der Waals surface area contributed by atoms with Gasteiger partial charge in [0.15, 0.2) is 17.5 Å². The molecule has 1 aliphatic heterocycles. The van der Waals surface area contributed by atoms with E-state index in [4.69, 9.17) is 0 Å². The molecule has 0 unspecified atom stereocenters. The predicted octanol–water partition coefficient (Wildman–Crippen LogP) is 2.83. The van der Waals surface area contributed by atoms with Gasteiger partial charge in [-0.05, 0) is 34.1 Å². The van der Waals surface area contributed by atoms with Crippen molar-refractivity contribution in [1.82, 2.24) is 15.3 Å². The maximum Gasteiger partial charge on any atom is 0.160 e. The van der Waals surface area contributed by atoms with Crippen LogP contribution in [0.2, 0.25) is 0 Å². The fourth-order valence-electron chi connectivity index (χ4n) is 2.07. The van der Waals surface area contributed by atoms with Crippen LogP contribution >= 0.6 is 15.9 Å². The summed E-state index contributed by atoms with van der Waals surface area (Å²) in [6, 6.07) is 3.68. The van der Waals surface area contributed by atoms with Gasteiger partial charge >= 0.3 is 0 Å². The fraction of sp³-hybridized carbons (Fsp3) is 0.231. The highest BCUT2D eigenvalue weighted by molar-refractivity contribution is 9.10. The molecule has 1 aliphatic rings. The third kappa shape index (κ3) is 2.37. The van der Waals surface area contributed by atoms with Gasteiger partial charge in [0.25, 0.3) is 0 Å². The van der Waals surface area contributed by atoms with E-state index in [1.807, 2.05) is 0 Å². The topological polar surface area (TPSA) is 37.8 Å². The van der Waals surface area contributed by atoms with Crippen molar-refractivity contribution in [3.05, 3.63) is 45.7 Å². The van der Waals surface area contributed by atoms with Gasteiger partial charge in [0, 0.05) is 30.6 Å². The average Bonchev–Trinajstić information content (AvgIpc) is 2.42. The molecule has 0 atom stereocenters. The Morgan fingerprint density at radius 1 is 1.16 bits per heavy atom. The molecule has 0 radical (unpaired) electrons. The molecule has 0 fully saturated rings. The molecule has 98 valence electrons. The third-order valence-electron chi connectivity index (χ3n) is 3.06. The van der Waals surface area contributed by atoms with Crippen LogP contribution in [0.1, 0.15) is 11.3 Å². The number of hydrogen-bond donors (Lipinski definition) is 1. The number of fused-ring (bicyclic) bond motifs is 1. The highest BCUT2D eigenvalue weighted by Gasteiger charge is 2.17. The molecule has 1 aromatic carbocycles. The van der Waals surface area contributed by atoms with Crippen molar-refractivity contribution in [2.75, 3.05) is 6.54 Å². The molecule has 0 bridgehead atoms. The minimum Gasteiger partial charge on any atom is -0.312 e. The molecule has 0 amide bonds. The molecule has 19 heavy (non-hydrogen) atoms. The molecule has 3 rings (SSSR count). The molecule has 0 saturated carbocycles. The Kier molecular flexibility index (Phi) is 3.28. The Bertz CT molecular complexity index is 646. The third-order valence-corrected chi connectivity index (χ3v) is 3.72. The first-order chi connectivity index (χ1) is 9.15. The zero-order valence-corrected chi connectivity index (χ0v) is 11.5. The summed E-state index contributed by atoms with van der Waals surface area (Å²) in [7, 11) is 0. The van der Waals surface area contributed by atoms with Gasteiger partial charge in [-0.1, -0.05) is 0 Å². The van der Waals surface area contributed by atoms with Crippen LogP contribution in [0.15, 0.2) is 22.8 Å². The Labute approximate surface area is 117 Å². The zero-order valence-electron chi connectivity index (χ0n) is 9.88. The second-order valence-corrected chi connectivity index (χ2v) is 5.07. The molecule has 2 aromatic rings. The number of aromatic nitrogens is 2. The second-order valence-electron chi connectivity index (χ2n) is 4.32. The number of benzene rings is 1. The molecule has 0 saturated heterocycles. The van der Waals surface area contributed by atoms with Crippen LogP contribution in [-0.2, 0) is 13.0 Å². The summed E-state index contributed by atoms with van der Waals surface area (Å²) in [5.41, 5.74) is 2.44. The van der Waals surface area contributed by atoms with Crippen LogP contribution in [0, 0.1) is 11.6 Å². The van der Waals surface area contributed by atoms with Gasteiger partial charge in [0.2, 0.25) is 0 Å². The van der Waals surface area contributed by atoms with Gasteiger partial charge in [-0.15, -0.1) is 0 Å². The van der Waals surface area contributed by atoms with E-state index in [9.17, 15) is 8.78 Å². The van der Waals surface area contributed by atoms with Crippen molar-refractivity contribution >= 4 is 15.9 Å². The minimum atomic E-state index is -0.892. The molecule has 2 heterocycles. The standard InChI is InChI=1S/C13H10BrF2N3/c14-12-8-6-17-4-3-11(8)18-13(19-12)7-1-2-9(15)10(16)5-7/h1-2,5,17H,3-4,6H2. The van der Waals surface area contributed by atoms with Gasteiger partial charge in [0.1, 0.15) is 4.60 Å². The highest BCUT2D eigenvalue weighted by atomic mass is 79.9. The van der Waals surface area contributed by atoms with Crippen LogP contribution in [-0.4, -0.2) is 16.5 Å². The van der Waals surface area contributed by atoms with E-state index >= 15 is 0 Å². The molecule has 1 aromatic heterocycles. The number of nitrogens with zero attached hydrogens (tertiary/aromatic N) is 2. The summed E-state index contributed by atoms with van der Waals surface area (Å²) < 4.78 is 26.9. The second kappa shape index (κ2) is 4.94. The Morgan fingerprint density at radius 3 is 2.79 bits per heavy atom. The monoisotopic (exact) mass is 325 g/mol. The summed E-state index contributed by atoms with van der Waals surface area (Å²) in [5.74, 6) is -1.35. The van der Waals surface area contributed by atoms with Crippen LogP contribution in [0.3, 0.4) is 0 Å². The largest absolute Gasteiger partial charge is 0.312 e. The smallest absolute Gasteiger partial charge is 0.160 e. The van der Waals surface area contributed by atoms with Gasteiger partial charge in [-0.3, -0.25) is 0 Å². The maximum atomic E-state index is 13.3. The van der Waals surface area contributed by atoms with E-state index in [0.717, 1.165) is 36.4 Å². The lowest BCUT2D eigenvalue weighted by molar-refractivity contribution is 0.509. The molecule has 1 N–H and O–H groups in total. The molecular weight excluding hydrogens is 316 g/mol. The van der Waals surface area contributed by atoms with Crippen LogP contribution in [0.5, 0.6) is 0 Å². The summed E-state index contributed by atoms with van der Waals surface area (Å²) in [4.78, 5) is 8.75. The number of halogens is 3. The van der Waals surface area contributed by atoms with Crippen molar-refractivity contribution < 1.29 is 8.78 Å². The molecular formula is C13H10BrF2N3. The normalized spacial score (nSPS) is 14.3. The lowest BCUT2D eigenvalue weighted by Crippen LogP contribution is -2.25. The first-order valence-electron chi connectivity index (χ1n) is 5.86. The fourth-order valence-corrected chi connectivity index (χ4v) is 2.60. The van der Waals surface area contributed by atoms with Crippen molar-refractivity contribution in [2.45, 2.75) is 13.0 Å². The van der Waals surface area contributed by atoms with E-state index in [1.54, 1.807) is 0 Å². The van der Waals surface area contributed by atoms with E-state index in [-0.39, 0.29) is 0 Å². The first-order valence-corrected chi connectivity index (χ1v) is 6.66. The van der Waals surface area contributed by atoms with Crippen molar-refractivity contribution in [1.29, 1.82) is 0 Å². The summed E-state index contributed by atoms with van der Waals surface area (Å²) in [6.45, 7) is 1.57. The first kappa shape index (κ1) is 12.6.